The molecule has 1 atom stereocenters. The van der Waals surface area contributed by atoms with E-state index in [9.17, 15) is 5.11 Å². The predicted molar refractivity (Wildman–Crippen MR) is 85.3 cm³/mol. The fraction of sp³-hybridized carbons (Fsp3) is 0.333. The summed E-state index contributed by atoms with van der Waals surface area (Å²) < 4.78 is 5.64. The van der Waals surface area contributed by atoms with E-state index in [4.69, 9.17) is 4.74 Å². The first-order chi connectivity index (χ1) is 10.2. The van der Waals surface area contributed by atoms with E-state index >= 15 is 0 Å². The molecule has 1 unspecified atom stereocenters. The molecule has 3 nitrogen and oxygen atoms in total. The normalized spacial score (nSPS) is 12.4. The van der Waals surface area contributed by atoms with Gasteiger partial charge in [-0.15, -0.1) is 0 Å². The van der Waals surface area contributed by atoms with Crippen molar-refractivity contribution in [2.45, 2.75) is 19.6 Å². The first-order valence-corrected chi connectivity index (χ1v) is 7.33. The zero-order valence-electron chi connectivity index (χ0n) is 12.7. The van der Waals surface area contributed by atoms with Crippen molar-refractivity contribution in [2.24, 2.45) is 0 Å². The van der Waals surface area contributed by atoms with Gasteiger partial charge in [-0.25, -0.2) is 0 Å². The van der Waals surface area contributed by atoms with Gasteiger partial charge < -0.3 is 9.84 Å². The molecule has 0 radical (unpaired) electrons. The third-order valence-electron chi connectivity index (χ3n) is 3.38. The maximum absolute atomic E-state index is 10.3. The molecule has 2 aromatic rings. The van der Waals surface area contributed by atoms with Crippen LogP contribution in [0.2, 0.25) is 0 Å². The molecule has 21 heavy (non-hydrogen) atoms. The predicted octanol–water partition coefficient (Wildman–Crippen LogP) is 3.25. The lowest BCUT2D eigenvalue weighted by Crippen LogP contribution is -2.24. The molecule has 0 aliphatic rings. The van der Waals surface area contributed by atoms with Gasteiger partial charge in [0.05, 0.1) is 12.7 Å². The summed E-state index contributed by atoms with van der Waals surface area (Å²) in [4.78, 5) is 2.11. The quantitative estimate of drug-likeness (QED) is 0.847. The van der Waals surface area contributed by atoms with Crippen molar-refractivity contribution in [1.29, 1.82) is 0 Å². The molecule has 0 aromatic heterocycles. The molecule has 0 saturated heterocycles. The molecule has 0 bridgehead atoms. The Morgan fingerprint density at radius 2 is 1.71 bits per heavy atom. The molecule has 0 aliphatic heterocycles. The van der Waals surface area contributed by atoms with E-state index in [0.717, 1.165) is 23.4 Å². The molecule has 0 heterocycles. The van der Waals surface area contributed by atoms with Gasteiger partial charge in [-0.3, -0.25) is 4.90 Å². The van der Waals surface area contributed by atoms with Gasteiger partial charge >= 0.3 is 0 Å². The Kier molecular flexibility index (Phi) is 5.78. The monoisotopic (exact) mass is 285 g/mol. The second-order valence-corrected chi connectivity index (χ2v) is 5.16. The fourth-order valence-electron chi connectivity index (χ4n) is 2.36. The number of hydrogen-bond acceptors (Lipinski definition) is 3. The van der Waals surface area contributed by atoms with E-state index < -0.39 is 6.10 Å². The molecular formula is C18H23NO2. The van der Waals surface area contributed by atoms with Crippen LogP contribution in [0.4, 0.5) is 0 Å². The number of para-hydroxylation sites is 1. The van der Waals surface area contributed by atoms with Crippen LogP contribution in [0.15, 0.2) is 54.6 Å². The summed E-state index contributed by atoms with van der Waals surface area (Å²) in [7, 11) is 2.01. The second kappa shape index (κ2) is 7.81. The minimum absolute atomic E-state index is 0.476. The van der Waals surface area contributed by atoms with Gasteiger partial charge in [0.15, 0.2) is 0 Å². The number of benzene rings is 2. The molecule has 2 rings (SSSR count). The highest BCUT2D eigenvalue weighted by Crippen LogP contribution is 2.21. The fourth-order valence-corrected chi connectivity index (χ4v) is 2.36. The van der Waals surface area contributed by atoms with Gasteiger partial charge in [0.1, 0.15) is 5.75 Å². The molecule has 0 saturated carbocycles. The summed E-state index contributed by atoms with van der Waals surface area (Å²) in [5.41, 5.74) is 2.09. The maximum atomic E-state index is 10.3. The Labute approximate surface area is 126 Å². The number of aliphatic hydroxyl groups is 1. The lowest BCUT2D eigenvalue weighted by atomic mass is 10.1. The van der Waals surface area contributed by atoms with Crippen molar-refractivity contribution in [3.05, 3.63) is 65.7 Å². The number of hydrogen-bond donors (Lipinski definition) is 1. The van der Waals surface area contributed by atoms with Crippen molar-refractivity contribution < 1.29 is 9.84 Å². The van der Waals surface area contributed by atoms with Crippen LogP contribution in [-0.4, -0.2) is 30.2 Å². The highest BCUT2D eigenvalue weighted by Gasteiger charge is 2.12. The molecule has 3 heteroatoms. The smallest absolute Gasteiger partial charge is 0.123 e. The summed E-state index contributed by atoms with van der Waals surface area (Å²) in [6.07, 6.45) is -0.476. The highest BCUT2D eigenvalue weighted by molar-refractivity contribution is 5.33. The van der Waals surface area contributed by atoms with Crippen molar-refractivity contribution in [1.82, 2.24) is 4.90 Å². The Hall–Kier alpha value is -1.84. The summed E-state index contributed by atoms with van der Waals surface area (Å²) in [5, 5.41) is 10.3. The molecule has 0 spiro atoms. The van der Waals surface area contributed by atoms with Crippen LogP contribution < -0.4 is 4.74 Å². The molecular weight excluding hydrogens is 262 g/mol. The Morgan fingerprint density at radius 1 is 1.05 bits per heavy atom. The Morgan fingerprint density at radius 3 is 2.43 bits per heavy atom. The number of likely N-dealkylation sites (N-methyl/N-ethyl adjacent to an activating group) is 1. The third-order valence-corrected chi connectivity index (χ3v) is 3.38. The van der Waals surface area contributed by atoms with E-state index in [1.165, 1.54) is 0 Å². The zero-order valence-corrected chi connectivity index (χ0v) is 12.7. The van der Waals surface area contributed by atoms with Crippen molar-refractivity contribution in [2.75, 3.05) is 20.2 Å². The molecule has 0 fully saturated rings. The number of rotatable bonds is 7. The Balaban J connectivity index is 1.97. The van der Waals surface area contributed by atoms with Crippen molar-refractivity contribution in [3.63, 3.8) is 0 Å². The van der Waals surface area contributed by atoms with Crippen LogP contribution in [-0.2, 0) is 6.54 Å². The summed E-state index contributed by atoms with van der Waals surface area (Å²) in [5.74, 6) is 0.918. The summed E-state index contributed by atoms with van der Waals surface area (Å²) in [6, 6.07) is 17.8. The van der Waals surface area contributed by atoms with Gasteiger partial charge in [0.2, 0.25) is 0 Å². The summed E-state index contributed by atoms with van der Waals surface area (Å²) >= 11 is 0. The van der Waals surface area contributed by atoms with Crippen LogP contribution in [0.25, 0.3) is 0 Å². The number of aliphatic hydroxyl groups excluding tert-OH is 1. The van der Waals surface area contributed by atoms with Crippen molar-refractivity contribution >= 4 is 0 Å². The van der Waals surface area contributed by atoms with Gasteiger partial charge in [0.25, 0.3) is 0 Å². The maximum Gasteiger partial charge on any atom is 0.123 e. The van der Waals surface area contributed by atoms with Crippen LogP contribution in [0.5, 0.6) is 5.75 Å². The van der Waals surface area contributed by atoms with Crippen LogP contribution in [0, 0.1) is 0 Å². The topological polar surface area (TPSA) is 32.7 Å². The van der Waals surface area contributed by atoms with Crippen LogP contribution in [0.1, 0.15) is 24.2 Å². The lowest BCUT2D eigenvalue weighted by molar-refractivity contribution is 0.123. The lowest BCUT2D eigenvalue weighted by Gasteiger charge is -2.22. The summed E-state index contributed by atoms with van der Waals surface area (Å²) in [6.45, 7) is 3.98. The largest absolute Gasteiger partial charge is 0.494 e. The molecule has 112 valence electrons. The number of ether oxygens (including phenoxy) is 1. The first-order valence-electron chi connectivity index (χ1n) is 7.33. The van der Waals surface area contributed by atoms with Crippen molar-refractivity contribution in [3.8, 4) is 5.75 Å². The molecule has 0 amide bonds. The third kappa shape index (κ3) is 4.59. The molecule has 0 aliphatic carbocycles. The second-order valence-electron chi connectivity index (χ2n) is 5.16. The average Bonchev–Trinajstić information content (AvgIpc) is 2.50. The van der Waals surface area contributed by atoms with E-state index in [0.29, 0.717) is 13.2 Å². The standard InChI is InChI=1S/C18H23NO2/c1-3-21-18-12-8-7-11-16(18)13-19(2)14-17(20)15-9-5-4-6-10-15/h4-12,17,20H,3,13-14H2,1-2H3. The minimum Gasteiger partial charge on any atom is -0.494 e. The Bertz CT molecular complexity index is 542. The minimum atomic E-state index is -0.476. The first kappa shape index (κ1) is 15.5. The van der Waals surface area contributed by atoms with E-state index in [1.54, 1.807) is 0 Å². The van der Waals surface area contributed by atoms with Crippen LogP contribution >= 0.6 is 0 Å². The highest BCUT2D eigenvalue weighted by atomic mass is 16.5. The van der Waals surface area contributed by atoms with Gasteiger partial charge in [0, 0.05) is 18.7 Å². The number of nitrogens with zero attached hydrogens (tertiary/aromatic N) is 1. The van der Waals surface area contributed by atoms with Gasteiger partial charge in [-0.05, 0) is 25.6 Å². The molecule has 1 N–H and O–H groups in total. The van der Waals surface area contributed by atoms with Gasteiger partial charge in [-0.1, -0.05) is 48.5 Å². The average molecular weight is 285 g/mol. The molecule has 2 aromatic carbocycles. The SMILES string of the molecule is CCOc1ccccc1CN(C)CC(O)c1ccccc1. The van der Waals surface area contributed by atoms with E-state index in [-0.39, 0.29) is 0 Å². The zero-order chi connectivity index (χ0) is 15.1. The van der Waals surface area contributed by atoms with E-state index in [1.807, 2.05) is 62.5 Å². The van der Waals surface area contributed by atoms with Crippen LogP contribution in [0.3, 0.4) is 0 Å². The van der Waals surface area contributed by atoms with Gasteiger partial charge in [-0.2, -0.15) is 0 Å². The van der Waals surface area contributed by atoms with E-state index in [2.05, 4.69) is 11.0 Å².